The largest absolute Gasteiger partial charge is 0.493 e. The molecule has 28 heavy (non-hydrogen) atoms. The van der Waals surface area contributed by atoms with Gasteiger partial charge in [-0.05, 0) is 47.9 Å². The van der Waals surface area contributed by atoms with E-state index >= 15 is 0 Å². The first kappa shape index (κ1) is 22.7. The van der Waals surface area contributed by atoms with Crippen LogP contribution >= 0.6 is 15.9 Å². The lowest BCUT2D eigenvalue weighted by Gasteiger charge is -2.21. The zero-order valence-electron chi connectivity index (χ0n) is 16.3. The molecule has 0 aliphatic heterocycles. The van der Waals surface area contributed by atoms with Gasteiger partial charge in [0.2, 0.25) is 0 Å². The first-order chi connectivity index (χ1) is 13.3. The van der Waals surface area contributed by atoms with E-state index in [1.54, 1.807) is 32.4 Å². The van der Waals surface area contributed by atoms with Crippen molar-refractivity contribution in [2.45, 2.75) is 31.5 Å². The molecule has 8 heteroatoms. The van der Waals surface area contributed by atoms with Crippen molar-refractivity contribution in [3.63, 3.8) is 0 Å². The average molecular weight is 473 g/mol. The molecule has 0 radical (unpaired) electrons. The molecule has 0 unspecified atom stereocenters. The van der Waals surface area contributed by atoms with E-state index in [2.05, 4.69) is 15.9 Å². The normalized spacial score (nSPS) is 12.8. The minimum atomic E-state index is -3.87. The van der Waals surface area contributed by atoms with Crippen molar-refractivity contribution in [3.05, 3.63) is 52.5 Å². The number of rotatable bonds is 10. The van der Waals surface area contributed by atoms with Crippen LogP contribution < -0.4 is 9.47 Å². The first-order valence-corrected chi connectivity index (χ1v) is 10.9. The predicted octanol–water partition coefficient (Wildman–Crippen LogP) is 4.41. The average Bonchev–Trinajstić information content (AvgIpc) is 2.67. The third-order valence-corrected chi connectivity index (χ3v) is 5.97. The minimum Gasteiger partial charge on any atom is -0.493 e. The quantitative estimate of drug-likeness (QED) is 0.476. The molecule has 154 valence electrons. The topological polar surface area (TPSA) is 71.1 Å². The smallest absolute Gasteiger partial charge is 0.297 e. The summed E-state index contributed by atoms with van der Waals surface area (Å²) in [5, 5.41) is 0. The molecule has 0 saturated heterocycles. The van der Waals surface area contributed by atoms with Crippen LogP contribution in [0.15, 0.2) is 51.8 Å². The summed E-state index contributed by atoms with van der Waals surface area (Å²) in [6.45, 7) is 4.22. The maximum absolute atomic E-state index is 12.5. The Kier molecular flexibility index (Phi) is 8.30. The van der Waals surface area contributed by atoms with Crippen LogP contribution in [-0.4, -0.2) is 35.3 Å². The lowest BCUT2D eigenvalue weighted by Crippen LogP contribution is -2.28. The molecule has 0 bridgehead atoms. The summed E-state index contributed by atoms with van der Waals surface area (Å²) in [7, 11) is -0.732. The van der Waals surface area contributed by atoms with E-state index in [4.69, 9.17) is 18.4 Å². The maximum atomic E-state index is 12.5. The van der Waals surface area contributed by atoms with Gasteiger partial charge in [-0.15, -0.1) is 0 Å². The molecular formula is C20H25BrO6S. The van der Waals surface area contributed by atoms with Gasteiger partial charge in [-0.2, -0.15) is 8.42 Å². The first-order valence-electron chi connectivity index (χ1n) is 8.74. The van der Waals surface area contributed by atoms with Crippen LogP contribution in [0.25, 0.3) is 0 Å². The molecular weight excluding hydrogens is 448 g/mol. The highest BCUT2D eigenvalue weighted by Crippen LogP contribution is 2.28. The molecule has 0 aliphatic rings. The summed E-state index contributed by atoms with van der Waals surface area (Å²) >= 11 is 3.29. The van der Waals surface area contributed by atoms with Gasteiger partial charge in [-0.3, -0.25) is 4.18 Å². The number of hydrogen-bond acceptors (Lipinski definition) is 6. The predicted molar refractivity (Wildman–Crippen MR) is 110 cm³/mol. The van der Waals surface area contributed by atoms with Crippen molar-refractivity contribution >= 4 is 26.0 Å². The third-order valence-electron chi connectivity index (χ3n) is 4.09. The van der Waals surface area contributed by atoms with Crippen LogP contribution in [0.5, 0.6) is 11.5 Å². The fourth-order valence-electron chi connectivity index (χ4n) is 2.41. The Balaban J connectivity index is 2.00. The second kappa shape index (κ2) is 10.2. The molecule has 0 aromatic heterocycles. The lowest BCUT2D eigenvalue weighted by molar-refractivity contribution is 0.0232. The van der Waals surface area contributed by atoms with Gasteiger partial charge in [0.15, 0.2) is 11.5 Å². The Morgan fingerprint density at radius 2 is 1.61 bits per heavy atom. The van der Waals surface area contributed by atoms with Gasteiger partial charge in [0.05, 0.1) is 32.3 Å². The van der Waals surface area contributed by atoms with Gasteiger partial charge in [-0.25, -0.2) is 0 Å². The Bertz CT molecular complexity index is 865. The van der Waals surface area contributed by atoms with E-state index in [1.165, 1.54) is 12.1 Å². The number of halogens is 1. The molecule has 0 saturated carbocycles. The van der Waals surface area contributed by atoms with E-state index in [1.807, 2.05) is 26.0 Å². The molecule has 2 rings (SSSR count). The Labute approximate surface area is 175 Å². The molecule has 0 heterocycles. The monoisotopic (exact) mass is 472 g/mol. The Morgan fingerprint density at radius 1 is 0.964 bits per heavy atom. The second-order valence-corrected chi connectivity index (χ2v) is 8.98. The number of methoxy groups -OCH3 is 2. The summed E-state index contributed by atoms with van der Waals surface area (Å²) in [5.74, 6) is 1.20. The summed E-state index contributed by atoms with van der Waals surface area (Å²) in [5.41, 5.74) is 0.885. The summed E-state index contributed by atoms with van der Waals surface area (Å²) in [6, 6.07) is 11.8. The minimum absolute atomic E-state index is 0.0457. The second-order valence-electron chi connectivity index (χ2n) is 6.49. The van der Waals surface area contributed by atoms with Gasteiger partial charge in [-0.1, -0.05) is 35.8 Å². The van der Waals surface area contributed by atoms with Gasteiger partial charge in [0.1, 0.15) is 6.10 Å². The number of hydrogen-bond donors (Lipinski definition) is 0. The summed E-state index contributed by atoms with van der Waals surface area (Å²) in [4.78, 5) is 0.112. The van der Waals surface area contributed by atoms with Crippen molar-refractivity contribution < 1.29 is 26.8 Å². The number of benzene rings is 2. The van der Waals surface area contributed by atoms with Crippen LogP contribution in [0.4, 0.5) is 0 Å². The molecule has 2 aromatic rings. The highest BCUT2D eigenvalue weighted by atomic mass is 79.9. The standard InChI is InChI=1S/C20H25BrO6S/c1-14(2)20(27-28(22,23)17-8-6-16(21)7-9-17)13-26-12-15-5-10-18(24-3)19(11-15)25-4/h5-11,14,20H,12-13H2,1-4H3/t20-/m0/s1. The Morgan fingerprint density at radius 3 is 2.18 bits per heavy atom. The molecule has 0 amide bonds. The van der Waals surface area contributed by atoms with E-state index in [-0.39, 0.29) is 17.4 Å². The molecule has 0 N–H and O–H groups in total. The van der Waals surface area contributed by atoms with Crippen LogP contribution in [-0.2, 0) is 25.6 Å². The molecule has 2 aromatic carbocycles. The molecule has 6 nitrogen and oxygen atoms in total. The van der Waals surface area contributed by atoms with Crippen molar-refractivity contribution in [1.82, 2.24) is 0 Å². The van der Waals surface area contributed by atoms with Crippen molar-refractivity contribution in [3.8, 4) is 11.5 Å². The Hall–Kier alpha value is -1.61. The molecule has 0 fully saturated rings. The van der Waals surface area contributed by atoms with E-state index in [0.717, 1.165) is 10.0 Å². The fourth-order valence-corrected chi connectivity index (χ4v) is 3.86. The molecule has 1 atom stereocenters. The van der Waals surface area contributed by atoms with Crippen molar-refractivity contribution in [2.24, 2.45) is 5.92 Å². The van der Waals surface area contributed by atoms with Crippen LogP contribution in [0.1, 0.15) is 19.4 Å². The van der Waals surface area contributed by atoms with Crippen LogP contribution in [0, 0.1) is 5.92 Å². The zero-order valence-corrected chi connectivity index (χ0v) is 18.7. The van der Waals surface area contributed by atoms with Crippen molar-refractivity contribution in [2.75, 3.05) is 20.8 Å². The van der Waals surface area contributed by atoms with E-state index < -0.39 is 16.2 Å². The molecule has 0 aliphatic carbocycles. The van der Waals surface area contributed by atoms with Gasteiger partial charge in [0.25, 0.3) is 10.1 Å². The van der Waals surface area contributed by atoms with E-state index in [0.29, 0.717) is 18.1 Å². The van der Waals surface area contributed by atoms with Crippen LogP contribution in [0.2, 0.25) is 0 Å². The van der Waals surface area contributed by atoms with Gasteiger partial charge in [0, 0.05) is 4.47 Å². The third kappa shape index (κ3) is 6.20. The highest BCUT2D eigenvalue weighted by Gasteiger charge is 2.24. The summed E-state index contributed by atoms with van der Waals surface area (Å²) in [6.07, 6.45) is -0.603. The maximum Gasteiger partial charge on any atom is 0.297 e. The molecule has 0 spiro atoms. The van der Waals surface area contributed by atoms with Gasteiger partial charge >= 0.3 is 0 Å². The van der Waals surface area contributed by atoms with Crippen LogP contribution in [0.3, 0.4) is 0 Å². The SMILES string of the molecule is COc1ccc(COC[C@H](OS(=O)(=O)c2ccc(Br)cc2)C(C)C)cc1OC. The van der Waals surface area contributed by atoms with E-state index in [9.17, 15) is 8.42 Å². The highest BCUT2D eigenvalue weighted by molar-refractivity contribution is 9.10. The van der Waals surface area contributed by atoms with Gasteiger partial charge < -0.3 is 14.2 Å². The zero-order chi connectivity index (χ0) is 20.7. The fraction of sp³-hybridized carbons (Fsp3) is 0.400. The summed E-state index contributed by atoms with van der Waals surface area (Å²) < 4.78 is 47.5. The number of ether oxygens (including phenoxy) is 3. The van der Waals surface area contributed by atoms with Crippen molar-refractivity contribution in [1.29, 1.82) is 0 Å². The lowest BCUT2D eigenvalue weighted by atomic mass is 10.1.